The summed E-state index contributed by atoms with van der Waals surface area (Å²) in [5.74, 6) is -1.96. The largest absolute Gasteiger partial charge is 0.478 e. The van der Waals surface area contributed by atoms with Crippen molar-refractivity contribution in [3.63, 3.8) is 0 Å². The van der Waals surface area contributed by atoms with E-state index in [4.69, 9.17) is 5.11 Å². The molecule has 0 aliphatic heterocycles. The lowest BCUT2D eigenvalue weighted by atomic mass is 10.0. The maximum atomic E-state index is 11.7. The van der Waals surface area contributed by atoms with Crippen LogP contribution in [0.2, 0.25) is 0 Å². The van der Waals surface area contributed by atoms with E-state index in [9.17, 15) is 14.4 Å². The Morgan fingerprint density at radius 1 is 1.05 bits per heavy atom. The Hall–Kier alpha value is -1.50. The Labute approximate surface area is 131 Å². The van der Waals surface area contributed by atoms with Crippen molar-refractivity contribution in [1.29, 1.82) is 0 Å². The minimum absolute atomic E-state index is 0.0582. The second kappa shape index (κ2) is 7.94. The molecule has 1 rings (SSSR count). The van der Waals surface area contributed by atoms with E-state index in [1.165, 1.54) is 0 Å². The molecule has 1 aromatic carbocycles. The van der Waals surface area contributed by atoms with Crippen LogP contribution in [-0.4, -0.2) is 22.6 Å². The Balaban J connectivity index is 2.40. The van der Waals surface area contributed by atoms with Gasteiger partial charge in [0, 0.05) is 22.0 Å². The zero-order valence-corrected chi connectivity index (χ0v) is 13.1. The Kier molecular flexibility index (Phi) is 6.57. The number of rotatable bonds is 8. The molecule has 0 saturated carbocycles. The minimum Gasteiger partial charge on any atom is -0.478 e. The molecular weight excluding hydrogens is 371 g/mol. The molecule has 0 heterocycles. The van der Waals surface area contributed by atoms with Crippen LogP contribution in [0.5, 0.6) is 0 Å². The molecule has 1 aromatic rings. The number of hydrogen-bond acceptors (Lipinski definition) is 3. The molecule has 20 heavy (non-hydrogen) atoms. The van der Waals surface area contributed by atoms with Crippen LogP contribution < -0.4 is 0 Å². The second-order valence-electron chi connectivity index (χ2n) is 4.41. The SMILES string of the molecule is C=C(CCCC(=O)C(=O)Cc1ccc(I)cc1)C(=O)O. The van der Waals surface area contributed by atoms with E-state index in [1.807, 2.05) is 24.3 Å². The predicted molar refractivity (Wildman–Crippen MR) is 83.5 cm³/mol. The highest BCUT2D eigenvalue weighted by molar-refractivity contribution is 14.1. The van der Waals surface area contributed by atoms with Gasteiger partial charge in [-0.1, -0.05) is 18.7 Å². The number of carboxylic acid groups (broad SMARTS) is 1. The molecule has 0 aromatic heterocycles. The molecule has 0 aliphatic rings. The monoisotopic (exact) mass is 386 g/mol. The Morgan fingerprint density at radius 3 is 2.20 bits per heavy atom. The van der Waals surface area contributed by atoms with Crippen LogP contribution in [-0.2, 0) is 20.8 Å². The molecule has 0 atom stereocenters. The fourth-order valence-corrected chi connectivity index (χ4v) is 1.95. The van der Waals surface area contributed by atoms with E-state index in [2.05, 4.69) is 29.2 Å². The third kappa shape index (κ3) is 5.64. The summed E-state index contributed by atoms with van der Waals surface area (Å²) in [5, 5.41) is 8.62. The van der Waals surface area contributed by atoms with Gasteiger partial charge in [0.15, 0.2) is 5.78 Å². The molecule has 5 heteroatoms. The first-order valence-electron chi connectivity index (χ1n) is 6.11. The summed E-state index contributed by atoms with van der Waals surface area (Å²) < 4.78 is 1.07. The zero-order valence-electron chi connectivity index (χ0n) is 10.9. The number of carbonyl (C=O) groups excluding carboxylic acids is 2. The molecule has 4 nitrogen and oxygen atoms in total. The van der Waals surface area contributed by atoms with Crippen molar-refractivity contribution >= 4 is 40.1 Å². The number of Topliss-reactive ketones (excluding diaryl/α,β-unsaturated/α-hetero) is 2. The van der Waals surface area contributed by atoms with Gasteiger partial charge < -0.3 is 5.11 Å². The van der Waals surface area contributed by atoms with Crippen LogP contribution in [0.25, 0.3) is 0 Å². The standard InChI is InChI=1S/C15H15IO4/c1-10(15(19)20)3-2-4-13(17)14(18)9-11-5-7-12(16)8-6-11/h5-8H,1-4,9H2,(H,19,20). The van der Waals surface area contributed by atoms with Gasteiger partial charge in [-0.3, -0.25) is 9.59 Å². The highest BCUT2D eigenvalue weighted by atomic mass is 127. The summed E-state index contributed by atoms with van der Waals surface area (Å²) in [4.78, 5) is 33.9. The molecular formula is C15H15IO4. The van der Waals surface area contributed by atoms with Crippen LogP contribution in [0.4, 0.5) is 0 Å². The van der Waals surface area contributed by atoms with Gasteiger partial charge in [-0.15, -0.1) is 0 Å². The number of benzene rings is 1. The normalized spacial score (nSPS) is 10.1. The van der Waals surface area contributed by atoms with Crippen LogP contribution in [0.1, 0.15) is 24.8 Å². The van der Waals surface area contributed by atoms with Gasteiger partial charge in [-0.05, 0) is 53.1 Å². The fraction of sp³-hybridized carbons (Fsp3) is 0.267. The van der Waals surface area contributed by atoms with Crippen molar-refractivity contribution in [2.75, 3.05) is 0 Å². The van der Waals surface area contributed by atoms with E-state index >= 15 is 0 Å². The van der Waals surface area contributed by atoms with Crippen LogP contribution in [0, 0.1) is 3.57 Å². The lowest BCUT2D eigenvalue weighted by Crippen LogP contribution is -2.16. The molecule has 1 N–H and O–H groups in total. The van der Waals surface area contributed by atoms with Crippen molar-refractivity contribution in [3.8, 4) is 0 Å². The third-order valence-electron chi connectivity index (χ3n) is 2.77. The third-order valence-corrected chi connectivity index (χ3v) is 3.49. The highest BCUT2D eigenvalue weighted by Crippen LogP contribution is 2.10. The van der Waals surface area contributed by atoms with Gasteiger partial charge in [0.25, 0.3) is 0 Å². The quantitative estimate of drug-likeness (QED) is 0.424. The van der Waals surface area contributed by atoms with Crippen molar-refractivity contribution in [2.24, 2.45) is 0 Å². The maximum Gasteiger partial charge on any atom is 0.330 e. The topological polar surface area (TPSA) is 71.4 Å². The average molecular weight is 386 g/mol. The van der Waals surface area contributed by atoms with Gasteiger partial charge in [-0.25, -0.2) is 4.79 Å². The predicted octanol–water partition coefficient (Wildman–Crippen LogP) is 2.78. The van der Waals surface area contributed by atoms with E-state index in [0.29, 0.717) is 6.42 Å². The fourth-order valence-electron chi connectivity index (χ4n) is 1.59. The molecule has 0 unspecified atom stereocenters. The number of carbonyl (C=O) groups is 3. The first kappa shape index (κ1) is 16.6. The van der Waals surface area contributed by atoms with Gasteiger partial charge in [0.1, 0.15) is 0 Å². The molecule has 0 fully saturated rings. The number of aliphatic carboxylic acids is 1. The number of halogens is 1. The van der Waals surface area contributed by atoms with Gasteiger partial charge in [0.05, 0.1) is 0 Å². The van der Waals surface area contributed by atoms with Crippen molar-refractivity contribution < 1.29 is 19.5 Å². The molecule has 0 amide bonds. The molecule has 0 aliphatic carbocycles. The van der Waals surface area contributed by atoms with E-state index in [1.54, 1.807) is 0 Å². The number of ketones is 2. The Bertz CT molecular complexity index is 531. The van der Waals surface area contributed by atoms with Gasteiger partial charge >= 0.3 is 5.97 Å². The molecule has 106 valence electrons. The molecule has 0 saturated heterocycles. The highest BCUT2D eigenvalue weighted by Gasteiger charge is 2.14. The van der Waals surface area contributed by atoms with E-state index in [0.717, 1.165) is 9.13 Å². The number of hydrogen-bond donors (Lipinski definition) is 1. The van der Waals surface area contributed by atoms with E-state index < -0.39 is 17.5 Å². The smallest absolute Gasteiger partial charge is 0.330 e. The summed E-state index contributed by atoms with van der Waals surface area (Å²) in [5.41, 5.74) is 0.863. The maximum absolute atomic E-state index is 11.7. The first-order chi connectivity index (χ1) is 9.40. The second-order valence-corrected chi connectivity index (χ2v) is 5.66. The number of carboxylic acids is 1. The van der Waals surface area contributed by atoms with Gasteiger partial charge in [0.2, 0.25) is 5.78 Å². The lowest BCUT2D eigenvalue weighted by Gasteiger charge is -2.02. The lowest BCUT2D eigenvalue weighted by molar-refractivity contribution is -0.136. The zero-order chi connectivity index (χ0) is 15.1. The molecule has 0 bridgehead atoms. The van der Waals surface area contributed by atoms with Gasteiger partial charge in [-0.2, -0.15) is 0 Å². The van der Waals surface area contributed by atoms with Crippen LogP contribution >= 0.6 is 22.6 Å². The summed E-state index contributed by atoms with van der Waals surface area (Å²) in [7, 11) is 0. The van der Waals surface area contributed by atoms with Crippen LogP contribution in [0.3, 0.4) is 0 Å². The summed E-state index contributed by atoms with van der Waals surface area (Å²) >= 11 is 2.17. The van der Waals surface area contributed by atoms with E-state index in [-0.39, 0.29) is 24.8 Å². The van der Waals surface area contributed by atoms with Crippen molar-refractivity contribution in [3.05, 3.63) is 45.6 Å². The van der Waals surface area contributed by atoms with Crippen LogP contribution in [0.15, 0.2) is 36.4 Å². The Morgan fingerprint density at radius 2 is 1.65 bits per heavy atom. The summed E-state index contributed by atoms with van der Waals surface area (Å²) in [6.07, 6.45) is 0.714. The average Bonchev–Trinajstić information content (AvgIpc) is 2.40. The molecule has 0 spiro atoms. The molecule has 0 radical (unpaired) electrons. The van der Waals surface area contributed by atoms with Crippen molar-refractivity contribution in [1.82, 2.24) is 0 Å². The summed E-state index contributed by atoms with van der Waals surface area (Å²) in [6, 6.07) is 7.40. The minimum atomic E-state index is -1.07. The first-order valence-corrected chi connectivity index (χ1v) is 7.19. The summed E-state index contributed by atoms with van der Waals surface area (Å²) in [6.45, 7) is 3.38. The van der Waals surface area contributed by atoms with Crippen molar-refractivity contribution in [2.45, 2.75) is 25.7 Å².